The van der Waals surface area contributed by atoms with Gasteiger partial charge in [-0.3, -0.25) is 4.90 Å². The fourth-order valence-corrected chi connectivity index (χ4v) is 4.62. The van der Waals surface area contributed by atoms with Gasteiger partial charge < -0.3 is 5.73 Å². The standard InChI is InChI=1S/C16H24N2S/c1-18(13-8-6-12(17)7-9-13)15-10-11-19-16-5-3-2-4-14(15)16/h2-5,12-13,15H,6-11,17H2,1H3. The summed E-state index contributed by atoms with van der Waals surface area (Å²) in [6.07, 6.45) is 6.20. The molecule has 104 valence electrons. The second kappa shape index (κ2) is 5.86. The number of nitrogens with zero attached hydrogens (tertiary/aromatic N) is 1. The van der Waals surface area contributed by atoms with E-state index in [9.17, 15) is 0 Å². The van der Waals surface area contributed by atoms with Crippen LogP contribution in [-0.2, 0) is 0 Å². The number of rotatable bonds is 2. The van der Waals surface area contributed by atoms with Crippen LogP contribution in [0.25, 0.3) is 0 Å². The van der Waals surface area contributed by atoms with Crippen molar-refractivity contribution in [1.29, 1.82) is 0 Å². The minimum absolute atomic E-state index is 0.443. The lowest BCUT2D eigenvalue weighted by Crippen LogP contribution is -2.41. The summed E-state index contributed by atoms with van der Waals surface area (Å²) in [4.78, 5) is 4.11. The third-order valence-corrected chi connectivity index (χ3v) is 5.86. The van der Waals surface area contributed by atoms with Crippen molar-refractivity contribution in [2.75, 3.05) is 12.8 Å². The van der Waals surface area contributed by atoms with Crippen LogP contribution in [0.4, 0.5) is 0 Å². The van der Waals surface area contributed by atoms with E-state index in [1.165, 1.54) is 48.3 Å². The Bertz CT molecular complexity index is 427. The first-order chi connectivity index (χ1) is 9.25. The van der Waals surface area contributed by atoms with Gasteiger partial charge in [0.15, 0.2) is 0 Å². The Kier molecular flexibility index (Phi) is 4.15. The van der Waals surface area contributed by atoms with Crippen LogP contribution in [0, 0.1) is 0 Å². The first-order valence-electron chi connectivity index (χ1n) is 7.45. The zero-order valence-corrected chi connectivity index (χ0v) is 12.5. The highest BCUT2D eigenvalue weighted by Gasteiger charge is 2.30. The summed E-state index contributed by atoms with van der Waals surface area (Å²) in [5.41, 5.74) is 7.57. The Balaban J connectivity index is 1.75. The zero-order chi connectivity index (χ0) is 13.2. The van der Waals surface area contributed by atoms with Gasteiger partial charge in [0, 0.05) is 23.0 Å². The molecule has 2 N–H and O–H groups in total. The summed E-state index contributed by atoms with van der Waals surface area (Å²) < 4.78 is 0. The summed E-state index contributed by atoms with van der Waals surface area (Å²) in [7, 11) is 2.32. The van der Waals surface area contributed by atoms with E-state index in [1.807, 2.05) is 11.8 Å². The summed E-state index contributed by atoms with van der Waals surface area (Å²) >= 11 is 2.01. The molecule has 3 rings (SSSR count). The second-order valence-electron chi connectivity index (χ2n) is 5.92. The molecule has 1 aliphatic heterocycles. The minimum Gasteiger partial charge on any atom is -0.328 e. The van der Waals surface area contributed by atoms with Crippen molar-refractivity contribution < 1.29 is 0 Å². The van der Waals surface area contributed by atoms with Crippen molar-refractivity contribution in [1.82, 2.24) is 4.90 Å². The molecule has 0 spiro atoms. The molecule has 0 amide bonds. The molecule has 0 saturated heterocycles. The Morgan fingerprint density at radius 2 is 1.84 bits per heavy atom. The van der Waals surface area contributed by atoms with Gasteiger partial charge in [-0.2, -0.15) is 0 Å². The lowest BCUT2D eigenvalue weighted by atomic mass is 9.89. The molecule has 1 saturated carbocycles. The maximum atomic E-state index is 6.03. The highest BCUT2D eigenvalue weighted by molar-refractivity contribution is 7.99. The average Bonchev–Trinajstić information content (AvgIpc) is 2.47. The number of hydrogen-bond donors (Lipinski definition) is 1. The van der Waals surface area contributed by atoms with Crippen LogP contribution in [0.5, 0.6) is 0 Å². The molecule has 3 heteroatoms. The quantitative estimate of drug-likeness (QED) is 0.897. The molecule has 1 aliphatic carbocycles. The first-order valence-corrected chi connectivity index (χ1v) is 8.43. The molecule has 1 atom stereocenters. The van der Waals surface area contributed by atoms with Gasteiger partial charge in [0.25, 0.3) is 0 Å². The van der Waals surface area contributed by atoms with E-state index < -0.39 is 0 Å². The van der Waals surface area contributed by atoms with Gasteiger partial charge in [-0.1, -0.05) is 18.2 Å². The zero-order valence-electron chi connectivity index (χ0n) is 11.7. The van der Waals surface area contributed by atoms with Gasteiger partial charge in [0.1, 0.15) is 0 Å². The van der Waals surface area contributed by atoms with Crippen LogP contribution >= 0.6 is 11.8 Å². The van der Waals surface area contributed by atoms with Crippen molar-refractivity contribution >= 4 is 11.8 Å². The maximum Gasteiger partial charge on any atom is 0.0367 e. The molecule has 1 fully saturated rings. The monoisotopic (exact) mass is 276 g/mol. The number of thioether (sulfide) groups is 1. The van der Waals surface area contributed by atoms with E-state index in [0.29, 0.717) is 12.1 Å². The molecule has 2 aliphatic rings. The Hall–Kier alpha value is -0.510. The molecule has 19 heavy (non-hydrogen) atoms. The average molecular weight is 276 g/mol. The lowest BCUT2D eigenvalue weighted by Gasteiger charge is -2.40. The van der Waals surface area contributed by atoms with Crippen molar-refractivity contribution in [3.8, 4) is 0 Å². The summed E-state index contributed by atoms with van der Waals surface area (Å²) in [6.45, 7) is 0. The number of benzene rings is 1. The van der Waals surface area contributed by atoms with Gasteiger partial charge in [0.05, 0.1) is 0 Å². The highest BCUT2D eigenvalue weighted by Crippen LogP contribution is 2.40. The summed E-state index contributed by atoms with van der Waals surface area (Å²) in [5.74, 6) is 1.25. The van der Waals surface area contributed by atoms with Crippen molar-refractivity contribution in [2.45, 2.75) is 55.1 Å². The molecule has 1 heterocycles. The Morgan fingerprint density at radius 1 is 1.11 bits per heavy atom. The molecule has 1 aromatic carbocycles. The van der Waals surface area contributed by atoms with Crippen LogP contribution < -0.4 is 5.73 Å². The molecule has 0 radical (unpaired) electrons. The first kappa shape index (κ1) is 13.5. The Morgan fingerprint density at radius 3 is 2.63 bits per heavy atom. The fourth-order valence-electron chi connectivity index (χ4n) is 3.51. The summed E-state index contributed by atoms with van der Waals surface area (Å²) in [6, 6.07) is 10.7. The second-order valence-corrected chi connectivity index (χ2v) is 7.06. The van der Waals surface area contributed by atoms with Crippen LogP contribution in [0.15, 0.2) is 29.2 Å². The van der Waals surface area contributed by atoms with Gasteiger partial charge in [-0.15, -0.1) is 11.8 Å². The fraction of sp³-hybridized carbons (Fsp3) is 0.625. The Labute approximate surface area is 120 Å². The van der Waals surface area contributed by atoms with Crippen LogP contribution in [0.1, 0.15) is 43.7 Å². The van der Waals surface area contributed by atoms with Gasteiger partial charge in [-0.05, 0) is 56.5 Å². The molecule has 1 aromatic rings. The maximum absolute atomic E-state index is 6.03. The van der Waals surface area contributed by atoms with E-state index in [2.05, 4.69) is 36.2 Å². The molecule has 0 bridgehead atoms. The normalized spacial score (nSPS) is 31.2. The summed E-state index contributed by atoms with van der Waals surface area (Å²) in [5, 5.41) is 0. The predicted molar refractivity (Wildman–Crippen MR) is 82.5 cm³/mol. The third kappa shape index (κ3) is 2.83. The van der Waals surface area contributed by atoms with Gasteiger partial charge in [-0.25, -0.2) is 0 Å². The van der Waals surface area contributed by atoms with Crippen molar-refractivity contribution in [3.05, 3.63) is 29.8 Å². The van der Waals surface area contributed by atoms with E-state index in [1.54, 1.807) is 0 Å². The smallest absolute Gasteiger partial charge is 0.0367 e. The van der Waals surface area contributed by atoms with E-state index in [0.717, 1.165) is 6.04 Å². The van der Waals surface area contributed by atoms with Crippen LogP contribution in [-0.4, -0.2) is 29.8 Å². The minimum atomic E-state index is 0.443. The van der Waals surface area contributed by atoms with Crippen molar-refractivity contribution in [2.24, 2.45) is 5.73 Å². The van der Waals surface area contributed by atoms with E-state index >= 15 is 0 Å². The van der Waals surface area contributed by atoms with Gasteiger partial charge >= 0.3 is 0 Å². The predicted octanol–water partition coefficient (Wildman–Crippen LogP) is 3.43. The van der Waals surface area contributed by atoms with Gasteiger partial charge in [0.2, 0.25) is 0 Å². The topological polar surface area (TPSA) is 29.3 Å². The molecule has 2 nitrogen and oxygen atoms in total. The molecule has 1 unspecified atom stereocenters. The number of nitrogens with two attached hydrogens (primary N) is 1. The molecular formula is C16H24N2S. The highest BCUT2D eigenvalue weighted by atomic mass is 32.2. The molecular weight excluding hydrogens is 252 g/mol. The largest absolute Gasteiger partial charge is 0.328 e. The number of hydrogen-bond acceptors (Lipinski definition) is 3. The SMILES string of the molecule is CN(C1CCC(N)CC1)C1CCSc2ccccc21. The van der Waals surface area contributed by atoms with E-state index in [4.69, 9.17) is 5.73 Å². The van der Waals surface area contributed by atoms with Crippen molar-refractivity contribution in [3.63, 3.8) is 0 Å². The van der Waals surface area contributed by atoms with Crippen LogP contribution in [0.2, 0.25) is 0 Å². The lowest BCUT2D eigenvalue weighted by molar-refractivity contribution is 0.127. The number of fused-ring (bicyclic) bond motifs is 1. The van der Waals surface area contributed by atoms with E-state index in [-0.39, 0.29) is 0 Å². The third-order valence-electron chi connectivity index (χ3n) is 4.74. The van der Waals surface area contributed by atoms with Crippen LogP contribution in [0.3, 0.4) is 0 Å². The molecule has 0 aromatic heterocycles.